The zero-order valence-electron chi connectivity index (χ0n) is 12.6. The van der Waals surface area contributed by atoms with Gasteiger partial charge >= 0.3 is 0 Å². The van der Waals surface area contributed by atoms with Gasteiger partial charge in [-0.05, 0) is 68.1 Å². The maximum absolute atomic E-state index is 12.8. The molecule has 112 valence electrons. The number of hydrogen-bond acceptors (Lipinski definition) is 1. The van der Waals surface area contributed by atoms with E-state index in [2.05, 4.69) is 12.1 Å². The lowest BCUT2D eigenvalue weighted by Gasteiger charge is -2.26. The highest BCUT2D eigenvalue weighted by molar-refractivity contribution is 5.15. The first-order valence-electron chi connectivity index (χ1n) is 8.08. The zero-order chi connectivity index (χ0) is 14.9. The highest BCUT2D eigenvalue weighted by Crippen LogP contribution is 2.32. The minimum atomic E-state index is -0.152. The van der Waals surface area contributed by atoms with Gasteiger partial charge in [0.1, 0.15) is 5.82 Å². The quantitative estimate of drug-likeness (QED) is 0.505. The van der Waals surface area contributed by atoms with E-state index in [9.17, 15) is 4.39 Å². The summed E-state index contributed by atoms with van der Waals surface area (Å²) in [7, 11) is 0. The zero-order valence-corrected chi connectivity index (χ0v) is 12.6. The lowest BCUT2D eigenvalue weighted by molar-refractivity contribution is 0.289. The van der Waals surface area contributed by atoms with Gasteiger partial charge in [0.2, 0.25) is 0 Å². The smallest absolute Gasteiger partial charge is 0.123 e. The molecule has 1 nitrogen and oxygen atoms in total. The molecule has 2 heteroatoms. The van der Waals surface area contributed by atoms with Crippen LogP contribution in [0.15, 0.2) is 36.4 Å². The second kappa shape index (κ2) is 8.62. The van der Waals surface area contributed by atoms with Gasteiger partial charge in [-0.3, -0.25) is 0 Å². The Bertz CT molecular complexity index is 475. The molecular formula is C19H24FN. The number of hydrogen-bond donors (Lipinski definition) is 0. The van der Waals surface area contributed by atoms with Gasteiger partial charge in [0, 0.05) is 6.08 Å². The third-order valence-electron chi connectivity index (χ3n) is 4.58. The average molecular weight is 285 g/mol. The van der Waals surface area contributed by atoms with Crippen LogP contribution in [-0.2, 0) is 6.42 Å². The highest BCUT2D eigenvalue weighted by atomic mass is 19.1. The van der Waals surface area contributed by atoms with Gasteiger partial charge in [-0.1, -0.05) is 31.1 Å². The first-order valence-corrected chi connectivity index (χ1v) is 8.08. The van der Waals surface area contributed by atoms with E-state index in [-0.39, 0.29) is 5.82 Å². The molecule has 0 atom stereocenters. The molecule has 0 aliphatic heterocycles. The summed E-state index contributed by atoms with van der Waals surface area (Å²) in [4.78, 5) is 0. The molecule has 1 aliphatic rings. The standard InChI is InChI=1S/C19H24FN/c20-19-13-11-17(12-14-19)5-2-1-4-16-7-9-18(10-8-16)6-3-15-21/h3,6,11-14,16,18H,1-2,4-5,7-10H2/b6-3+. The number of aryl methyl sites for hydroxylation is 1. The van der Waals surface area contributed by atoms with Crippen molar-refractivity contribution in [3.63, 3.8) is 0 Å². The van der Waals surface area contributed by atoms with Crippen LogP contribution >= 0.6 is 0 Å². The van der Waals surface area contributed by atoms with Gasteiger partial charge in [0.15, 0.2) is 0 Å². The predicted molar refractivity (Wildman–Crippen MR) is 84.2 cm³/mol. The Morgan fingerprint density at radius 2 is 1.81 bits per heavy atom. The number of halogens is 1. The van der Waals surface area contributed by atoms with E-state index in [0.717, 1.165) is 12.3 Å². The van der Waals surface area contributed by atoms with Crippen molar-refractivity contribution in [2.75, 3.05) is 0 Å². The topological polar surface area (TPSA) is 23.8 Å². The van der Waals surface area contributed by atoms with Gasteiger partial charge in [0.05, 0.1) is 6.07 Å². The normalized spacial score (nSPS) is 22.3. The van der Waals surface area contributed by atoms with Crippen molar-refractivity contribution >= 4 is 0 Å². The average Bonchev–Trinajstić information content (AvgIpc) is 2.52. The first kappa shape index (κ1) is 15.8. The maximum atomic E-state index is 12.8. The van der Waals surface area contributed by atoms with Crippen molar-refractivity contribution in [1.29, 1.82) is 5.26 Å². The first-order chi connectivity index (χ1) is 10.3. The minimum absolute atomic E-state index is 0.152. The van der Waals surface area contributed by atoms with Crippen LogP contribution in [0.4, 0.5) is 4.39 Å². The molecule has 2 rings (SSSR count). The Balaban J connectivity index is 1.59. The number of nitriles is 1. The lowest BCUT2D eigenvalue weighted by atomic mass is 9.79. The molecule has 0 heterocycles. The van der Waals surface area contributed by atoms with Gasteiger partial charge in [-0.25, -0.2) is 4.39 Å². The summed E-state index contributed by atoms with van der Waals surface area (Å²) in [5, 5.41) is 8.54. The fraction of sp³-hybridized carbons (Fsp3) is 0.526. The van der Waals surface area contributed by atoms with Crippen LogP contribution in [0.25, 0.3) is 0 Å². The monoisotopic (exact) mass is 285 g/mol. The van der Waals surface area contributed by atoms with E-state index in [4.69, 9.17) is 5.26 Å². The van der Waals surface area contributed by atoms with Crippen molar-refractivity contribution < 1.29 is 4.39 Å². The van der Waals surface area contributed by atoms with Crippen LogP contribution in [-0.4, -0.2) is 0 Å². The second-order valence-corrected chi connectivity index (χ2v) is 6.14. The number of nitrogens with zero attached hydrogens (tertiary/aromatic N) is 1. The SMILES string of the molecule is N#C/C=C/C1CCC(CCCCc2ccc(F)cc2)CC1. The molecular weight excluding hydrogens is 261 g/mol. The summed E-state index contributed by atoms with van der Waals surface area (Å²) in [6.45, 7) is 0. The fourth-order valence-corrected chi connectivity index (χ4v) is 3.26. The molecule has 0 saturated heterocycles. The molecule has 1 aromatic carbocycles. The Morgan fingerprint density at radius 3 is 2.48 bits per heavy atom. The maximum Gasteiger partial charge on any atom is 0.123 e. The van der Waals surface area contributed by atoms with Crippen molar-refractivity contribution in [2.45, 2.75) is 51.4 Å². The fourth-order valence-electron chi connectivity index (χ4n) is 3.26. The predicted octanol–water partition coefficient (Wildman–Crippen LogP) is 5.42. The van der Waals surface area contributed by atoms with E-state index < -0.39 is 0 Å². The molecule has 0 N–H and O–H groups in total. The number of allylic oxidation sites excluding steroid dienone is 2. The molecule has 1 fully saturated rings. The second-order valence-electron chi connectivity index (χ2n) is 6.14. The van der Waals surface area contributed by atoms with Crippen molar-refractivity contribution in [2.24, 2.45) is 11.8 Å². The van der Waals surface area contributed by atoms with Gasteiger partial charge < -0.3 is 0 Å². The van der Waals surface area contributed by atoms with Crippen molar-refractivity contribution in [3.05, 3.63) is 47.8 Å². The number of rotatable bonds is 6. The van der Waals surface area contributed by atoms with Crippen LogP contribution in [0.1, 0.15) is 50.5 Å². The summed E-state index contributed by atoms with van der Waals surface area (Å²) >= 11 is 0. The van der Waals surface area contributed by atoms with Crippen LogP contribution in [0.5, 0.6) is 0 Å². The minimum Gasteiger partial charge on any atom is -0.207 e. The molecule has 1 saturated carbocycles. The van der Waals surface area contributed by atoms with E-state index in [0.29, 0.717) is 5.92 Å². The lowest BCUT2D eigenvalue weighted by Crippen LogP contribution is -2.13. The Kier molecular flexibility index (Phi) is 6.47. The summed E-state index contributed by atoms with van der Waals surface area (Å²) in [5.41, 5.74) is 1.24. The third-order valence-corrected chi connectivity index (χ3v) is 4.58. The summed E-state index contributed by atoms with van der Waals surface area (Å²) < 4.78 is 12.8. The molecule has 1 aliphatic carbocycles. The largest absolute Gasteiger partial charge is 0.207 e. The number of benzene rings is 1. The van der Waals surface area contributed by atoms with E-state index >= 15 is 0 Å². The van der Waals surface area contributed by atoms with Crippen LogP contribution in [0, 0.1) is 29.0 Å². The highest BCUT2D eigenvalue weighted by Gasteiger charge is 2.18. The van der Waals surface area contributed by atoms with Gasteiger partial charge in [0.25, 0.3) is 0 Å². The summed E-state index contributed by atoms with van der Waals surface area (Å²) in [6, 6.07) is 8.96. The molecule has 0 bridgehead atoms. The molecule has 21 heavy (non-hydrogen) atoms. The molecule has 0 aromatic heterocycles. The van der Waals surface area contributed by atoms with E-state index in [1.807, 2.05) is 12.1 Å². The molecule has 0 spiro atoms. The van der Waals surface area contributed by atoms with Crippen LogP contribution < -0.4 is 0 Å². The molecule has 0 unspecified atom stereocenters. The van der Waals surface area contributed by atoms with Crippen LogP contribution in [0.2, 0.25) is 0 Å². The Labute approximate surface area is 127 Å². The van der Waals surface area contributed by atoms with E-state index in [1.54, 1.807) is 18.2 Å². The van der Waals surface area contributed by atoms with Crippen molar-refractivity contribution in [1.82, 2.24) is 0 Å². The third kappa shape index (κ3) is 5.71. The van der Waals surface area contributed by atoms with Crippen molar-refractivity contribution in [3.8, 4) is 6.07 Å². The summed E-state index contributed by atoms with van der Waals surface area (Å²) in [5.74, 6) is 1.34. The summed E-state index contributed by atoms with van der Waals surface area (Å²) in [6.07, 6.45) is 13.6. The Hall–Kier alpha value is -1.62. The Morgan fingerprint density at radius 1 is 1.10 bits per heavy atom. The number of unbranched alkanes of at least 4 members (excludes halogenated alkanes) is 1. The van der Waals surface area contributed by atoms with Gasteiger partial charge in [-0.2, -0.15) is 5.26 Å². The van der Waals surface area contributed by atoms with Gasteiger partial charge in [-0.15, -0.1) is 0 Å². The molecule has 0 radical (unpaired) electrons. The van der Waals surface area contributed by atoms with E-state index in [1.165, 1.54) is 50.5 Å². The molecule has 0 amide bonds. The van der Waals surface area contributed by atoms with Crippen LogP contribution in [0.3, 0.4) is 0 Å². The molecule has 1 aromatic rings.